The Balaban J connectivity index is 1.85. The third kappa shape index (κ3) is 5.07. The van der Waals surface area contributed by atoms with Gasteiger partial charge in [0.15, 0.2) is 0 Å². The average Bonchev–Trinajstić information content (AvgIpc) is 3.12. The van der Waals surface area contributed by atoms with Crippen LogP contribution >= 0.6 is 34.5 Å². The van der Waals surface area contributed by atoms with Crippen molar-refractivity contribution in [2.45, 2.75) is 6.92 Å². The maximum atomic E-state index is 12.4. The molecular weight excluding hydrogens is 429 g/mol. The summed E-state index contributed by atoms with van der Waals surface area (Å²) in [6.45, 7) is 1.99. The zero-order valence-electron chi connectivity index (χ0n) is 15.7. The lowest BCUT2D eigenvalue weighted by molar-refractivity contribution is -0.111. The van der Waals surface area contributed by atoms with E-state index in [4.69, 9.17) is 27.9 Å². The van der Waals surface area contributed by atoms with Gasteiger partial charge < -0.3 is 10.1 Å². The summed E-state index contributed by atoms with van der Waals surface area (Å²) in [7, 11) is 1.31. The number of carbonyl (C=O) groups is 2. The molecule has 29 heavy (non-hydrogen) atoms. The van der Waals surface area contributed by atoms with E-state index in [1.807, 2.05) is 36.6 Å². The minimum Gasteiger partial charge on any atom is -0.465 e. The Morgan fingerprint density at radius 3 is 2.45 bits per heavy atom. The molecule has 3 rings (SSSR count). The second-order valence-electron chi connectivity index (χ2n) is 6.21. The van der Waals surface area contributed by atoms with Crippen LogP contribution in [0.2, 0.25) is 10.0 Å². The van der Waals surface area contributed by atoms with Crippen LogP contribution in [0.15, 0.2) is 53.9 Å². The molecule has 2 aromatic carbocycles. The number of benzene rings is 2. The van der Waals surface area contributed by atoms with Crippen LogP contribution in [0.3, 0.4) is 0 Å². The van der Waals surface area contributed by atoms with Gasteiger partial charge in [-0.2, -0.15) is 0 Å². The summed E-state index contributed by atoms with van der Waals surface area (Å²) >= 11 is 13.1. The van der Waals surface area contributed by atoms with Crippen LogP contribution in [0.1, 0.15) is 21.5 Å². The minimum atomic E-state index is -0.509. The monoisotopic (exact) mass is 445 g/mol. The molecule has 0 saturated heterocycles. The smallest absolute Gasteiger partial charge is 0.341 e. The number of amides is 1. The van der Waals surface area contributed by atoms with Gasteiger partial charge in [-0.25, -0.2) is 4.79 Å². The molecule has 0 bridgehead atoms. The number of rotatable bonds is 5. The Hall–Kier alpha value is -2.60. The van der Waals surface area contributed by atoms with Crippen molar-refractivity contribution in [2.75, 3.05) is 12.4 Å². The fourth-order valence-electron chi connectivity index (χ4n) is 2.64. The van der Waals surface area contributed by atoms with Gasteiger partial charge >= 0.3 is 5.97 Å². The fourth-order valence-corrected chi connectivity index (χ4v) is 3.91. The van der Waals surface area contributed by atoms with E-state index in [-0.39, 0.29) is 5.91 Å². The summed E-state index contributed by atoms with van der Waals surface area (Å²) < 4.78 is 4.93. The topological polar surface area (TPSA) is 55.4 Å². The summed E-state index contributed by atoms with van der Waals surface area (Å²) in [6.07, 6.45) is 2.98. The molecule has 0 aliphatic carbocycles. The van der Waals surface area contributed by atoms with Crippen molar-refractivity contribution in [3.05, 3.63) is 80.7 Å². The number of methoxy groups -OCH3 is 1. The second kappa shape index (κ2) is 9.27. The van der Waals surface area contributed by atoms with Gasteiger partial charge in [-0.15, -0.1) is 11.3 Å². The molecule has 0 spiro atoms. The molecule has 0 unspecified atom stereocenters. The quantitative estimate of drug-likeness (QED) is 0.361. The van der Waals surface area contributed by atoms with Crippen molar-refractivity contribution >= 4 is 57.5 Å². The maximum absolute atomic E-state index is 12.4. The molecule has 0 fully saturated rings. The molecule has 0 radical (unpaired) electrons. The summed E-state index contributed by atoms with van der Waals surface area (Å²) in [4.78, 5) is 24.8. The van der Waals surface area contributed by atoms with Crippen molar-refractivity contribution in [2.24, 2.45) is 0 Å². The van der Waals surface area contributed by atoms with Gasteiger partial charge in [0.1, 0.15) is 10.6 Å². The first kappa shape index (κ1) is 21.1. The van der Waals surface area contributed by atoms with Crippen LogP contribution in [0, 0.1) is 6.92 Å². The molecule has 0 aliphatic rings. The van der Waals surface area contributed by atoms with Crippen molar-refractivity contribution in [3.63, 3.8) is 0 Å². The third-order valence-electron chi connectivity index (χ3n) is 4.15. The lowest BCUT2D eigenvalue weighted by Crippen LogP contribution is -2.11. The number of hydrogen-bond donors (Lipinski definition) is 1. The first-order valence-electron chi connectivity index (χ1n) is 8.60. The lowest BCUT2D eigenvalue weighted by atomic mass is 10.0. The highest BCUT2D eigenvalue weighted by molar-refractivity contribution is 7.15. The van der Waals surface area contributed by atoms with Crippen molar-refractivity contribution in [1.29, 1.82) is 0 Å². The molecule has 0 aliphatic heterocycles. The van der Waals surface area contributed by atoms with E-state index in [1.54, 1.807) is 24.3 Å². The first-order chi connectivity index (χ1) is 13.9. The van der Waals surface area contributed by atoms with E-state index in [1.165, 1.54) is 24.5 Å². The normalized spacial score (nSPS) is 10.9. The van der Waals surface area contributed by atoms with Crippen molar-refractivity contribution in [1.82, 2.24) is 0 Å². The fraction of sp³-hybridized carbons (Fsp3) is 0.0909. The third-order valence-corrected chi connectivity index (χ3v) is 5.79. The lowest BCUT2D eigenvalue weighted by Gasteiger charge is -2.07. The molecule has 148 valence electrons. The average molecular weight is 446 g/mol. The van der Waals surface area contributed by atoms with E-state index in [0.29, 0.717) is 26.2 Å². The molecule has 1 aromatic heterocycles. The van der Waals surface area contributed by atoms with Gasteiger partial charge in [-0.3, -0.25) is 4.79 Å². The van der Waals surface area contributed by atoms with E-state index in [9.17, 15) is 9.59 Å². The van der Waals surface area contributed by atoms with Crippen LogP contribution in [0.5, 0.6) is 0 Å². The van der Waals surface area contributed by atoms with Gasteiger partial charge in [0.25, 0.3) is 0 Å². The summed E-state index contributed by atoms with van der Waals surface area (Å²) in [6, 6.07) is 12.9. The highest BCUT2D eigenvalue weighted by Crippen LogP contribution is 2.36. The first-order valence-corrected chi connectivity index (χ1v) is 10.2. The molecular formula is C22H17Cl2NO3S. The van der Waals surface area contributed by atoms with Crippen LogP contribution in [-0.2, 0) is 9.53 Å². The zero-order valence-corrected chi connectivity index (χ0v) is 18.0. The molecule has 0 saturated carbocycles. The number of esters is 1. The number of ether oxygens (including phenoxy) is 1. The van der Waals surface area contributed by atoms with Crippen LogP contribution < -0.4 is 5.32 Å². The van der Waals surface area contributed by atoms with Gasteiger partial charge in [0.2, 0.25) is 5.91 Å². The van der Waals surface area contributed by atoms with Crippen molar-refractivity contribution in [3.8, 4) is 11.1 Å². The van der Waals surface area contributed by atoms with E-state index >= 15 is 0 Å². The molecule has 1 heterocycles. The van der Waals surface area contributed by atoms with Crippen LogP contribution in [0.25, 0.3) is 17.2 Å². The number of thiophene rings is 1. The van der Waals surface area contributed by atoms with Gasteiger partial charge in [-0.1, -0.05) is 59.1 Å². The number of hydrogen-bond acceptors (Lipinski definition) is 4. The molecule has 1 amide bonds. The molecule has 0 atom stereocenters. The Labute approximate surface area is 182 Å². The Morgan fingerprint density at radius 2 is 1.79 bits per heavy atom. The predicted octanol–water partition coefficient (Wildman–Crippen LogP) is 6.47. The zero-order chi connectivity index (χ0) is 21.0. The largest absolute Gasteiger partial charge is 0.465 e. The van der Waals surface area contributed by atoms with E-state index < -0.39 is 5.97 Å². The Morgan fingerprint density at radius 1 is 1.07 bits per heavy atom. The number of carbonyl (C=O) groups excluding carboxylic acids is 2. The van der Waals surface area contributed by atoms with Gasteiger partial charge in [-0.05, 0) is 36.3 Å². The van der Waals surface area contributed by atoms with Gasteiger partial charge in [0.05, 0.1) is 17.2 Å². The minimum absolute atomic E-state index is 0.331. The second-order valence-corrected chi connectivity index (χ2v) is 7.90. The van der Waals surface area contributed by atoms with Crippen LogP contribution in [-0.4, -0.2) is 19.0 Å². The Bertz CT molecular complexity index is 1090. The molecule has 3 aromatic rings. The van der Waals surface area contributed by atoms with Gasteiger partial charge in [0, 0.05) is 17.0 Å². The summed E-state index contributed by atoms with van der Waals surface area (Å²) in [5, 5.41) is 5.86. The summed E-state index contributed by atoms with van der Waals surface area (Å²) in [5.74, 6) is -0.885. The standard InChI is InChI=1S/C22H17Cl2NO3S/c1-13-3-7-15(8-4-13)16-12-29-21(20(16)22(27)28-2)25-19(26)10-6-14-5-9-17(23)18(24)11-14/h3-12H,1-2H3,(H,25,26)/b10-6+. The predicted molar refractivity (Wildman–Crippen MR) is 120 cm³/mol. The Kier molecular flexibility index (Phi) is 6.75. The highest BCUT2D eigenvalue weighted by atomic mass is 35.5. The SMILES string of the molecule is COC(=O)c1c(-c2ccc(C)cc2)csc1NC(=O)/C=C/c1ccc(Cl)c(Cl)c1. The summed E-state index contributed by atoms with van der Waals surface area (Å²) in [5.41, 5.74) is 3.76. The number of aryl methyl sites for hydroxylation is 1. The molecule has 4 nitrogen and oxygen atoms in total. The highest BCUT2D eigenvalue weighted by Gasteiger charge is 2.21. The number of halogens is 2. The maximum Gasteiger partial charge on any atom is 0.341 e. The van der Waals surface area contributed by atoms with Crippen molar-refractivity contribution < 1.29 is 14.3 Å². The number of nitrogens with one attached hydrogen (secondary N) is 1. The van der Waals surface area contributed by atoms with Crippen LogP contribution in [0.4, 0.5) is 5.00 Å². The number of anilines is 1. The molecule has 7 heteroatoms. The van der Waals surface area contributed by atoms with E-state index in [0.717, 1.165) is 16.7 Å². The molecule has 1 N–H and O–H groups in total. The van der Waals surface area contributed by atoms with E-state index in [2.05, 4.69) is 5.32 Å².